The number of non-ortho nitro benzene ring substituents is 1. The Morgan fingerprint density at radius 1 is 1.20 bits per heavy atom. The third kappa shape index (κ3) is 7.56. The molecule has 0 aliphatic carbocycles. The predicted molar refractivity (Wildman–Crippen MR) is 129 cm³/mol. The number of ether oxygens (including phenoxy) is 1. The molecular formula is C22H29IN4O3. The fourth-order valence-corrected chi connectivity index (χ4v) is 3.26. The van der Waals surface area contributed by atoms with E-state index in [2.05, 4.69) is 34.7 Å². The van der Waals surface area contributed by atoms with Crippen LogP contribution in [0.2, 0.25) is 0 Å². The summed E-state index contributed by atoms with van der Waals surface area (Å²) < 4.78 is 5.81. The molecule has 0 radical (unpaired) electrons. The van der Waals surface area contributed by atoms with Crippen LogP contribution in [0.4, 0.5) is 5.69 Å². The number of nitro benzene ring substituents is 1. The number of hydrogen-bond acceptors (Lipinski definition) is 4. The molecule has 1 aliphatic rings. The summed E-state index contributed by atoms with van der Waals surface area (Å²) in [5.74, 6) is 0.703. The Kier molecular flexibility index (Phi) is 10.0. The first-order valence-corrected chi connectivity index (χ1v) is 10.1. The Morgan fingerprint density at radius 2 is 1.93 bits per heavy atom. The van der Waals surface area contributed by atoms with Gasteiger partial charge in [-0.05, 0) is 37.3 Å². The number of nitro groups is 1. The lowest BCUT2D eigenvalue weighted by molar-refractivity contribution is -0.384. The van der Waals surface area contributed by atoms with E-state index in [1.54, 1.807) is 12.1 Å². The van der Waals surface area contributed by atoms with Crippen molar-refractivity contribution in [2.24, 2.45) is 4.99 Å². The minimum absolute atomic E-state index is 0. The molecule has 30 heavy (non-hydrogen) atoms. The predicted octanol–water partition coefficient (Wildman–Crippen LogP) is 4.58. The molecule has 2 aromatic rings. The average molecular weight is 524 g/mol. The Balaban J connectivity index is 0.00000320. The van der Waals surface area contributed by atoms with Crippen LogP contribution in [-0.2, 0) is 11.3 Å². The number of halogens is 1. The number of rotatable bonds is 7. The highest BCUT2D eigenvalue weighted by Crippen LogP contribution is 2.14. The summed E-state index contributed by atoms with van der Waals surface area (Å²) in [6.45, 7) is 4.04. The molecule has 7 nitrogen and oxygen atoms in total. The largest absolute Gasteiger partial charge is 0.376 e. The molecule has 8 heteroatoms. The van der Waals surface area contributed by atoms with Crippen LogP contribution in [-0.4, -0.2) is 30.1 Å². The van der Waals surface area contributed by atoms with Gasteiger partial charge in [-0.3, -0.25) is 10.1 Å². The molecule has 0 spiro atoms. The molecule has 162 valence electrons. The molecule has 2 aromatic carbocycles. The smallest absolute Gasteiger partial charge is 0.269 e. The van der Waals surface area contributed by atoms with Gasteiger partial charge in [0, 0.05) is 25.3 Å². The zero-order valence-electron chi connectivity index (χ0n) is 17.1. The summed E-state index contributed by atoms with van der Waals surface area (Å²) in [5.41, 5.74) is 2.17. The summed E-state index contributed by atoms with van der Waals surface area (Å²) >= 11 is 0. The fraction of sp³-hybridized carbons (Fsp3) is 0.409. The van der Waals surface area contributed by atoms with Gasteiger partial charge in [-0.1, -0.05) is 42.5 Å². The third-order valence-corrected chi connectivity index (χ3v) is 4.99. The van der Waals surface area contributed by atoms with Crippen LogP contribution < -0.4 is 10.6 Å². The summed E-state index contributed by atoms with van der Waals surface area (Å²) in [6.07, 6.45) is 3.56. The quantitative estimate of drug-likeness (QED) is 0.182. The van der Waals surface area contributed by atoms with Crippen LogP contribution in [0.25, 0.3) is 0 Å². The second-order valence-corrected chi connectivity index (χ2v) is 7.23. The first-order chi connectivity index (χ1) is 14.1. The molecule has 0 saturated carbocycles. The van der Waals surface area contributed by atoms with Crippen molar-refractivity contribution >= 4 is 35.6 Å². The van der Waals surface area contributed by atoms with Crippen LogP contribution in [0.5, 0.6) is 0 Å². The molecule has 3 rings (SSSR count). The summed E-state index contributed by atoms with van der Waals surface area (Å²) in [5, 5.41) is 17.7. The highest BCUT2D eigenvalue weighted by Gasteiger charge is 2.15. The van der Waals surface area contributed by atoms with E-state index < -0.39 is 4.92 Å². The molecule has 1 saturated heterocycles. The maximum Gasteiger partial charge on any atom is 0.269 e. The molecule has 1 fully saturated rings. The van der Waals surface area contributed by atoms with E-state index in [1.807, 2.05) is 18.2 Å². The summed E-state index contributed by atoms with van der Waals surface area (Å²) in [4.78, 5) is 15.1. The van der Waals surface area contributed by atoms with E-state index in [4.69, 9.17) is 4.74 Å². The Hall–Kier alpha value is -2.20. The van der Waals surface area contributed by atoms with Gasteiger partial charge in [0.05, 0.1) is 23.6 Å². The van der Waals surface area contributed by atoms with Crippen LogP contribution in [0.15, 0.2) is 59.6 Å². The normalized spacial score (nSPS) is 17.5. The van der Waals surface area contributed by atoms with Crippen molar-refractivity contribution in [2.45, 2.75) is 44.9 Å². The minimum Gasteiger partial charge on any atom is -0.376 e. The number of guanidine groups is 1. The number of benzene rings is 2. The first kappa shape index (κ1) is 24.1. The van der Waals surface area contributed by atoms with Gasteiger partial charge in [-0.25, -0.2) is 4.99 Å². The number of nitrogens with zero attached hydrogens (tertiary/aromatic N) is 2. The van der Waals surface area contributed by atoms with Crippen molar-refractivity contribution < 1.29 is 9.66 Å². The van der Waals surface area contributed by atoms with Gasteiger partial charge in [0.15, 0.2) is 5.96 Å². The molecule has 2 unspecified atom stereocenters. The van der Waals surface area contributed by atoms with Gasteiger partial charge in [-0.15, -0.1) is 24.0 Å². The summed E-state index contributed by atoms with van der Waals surface area (Å²) in [7, 11) is 0. The standard InChI is InChI=1S/C22H28N4O3.HI/c1-17(19-7-3-2-4-8-19)25-22(24-16-21-9-5-6-14-29-21)23-15-18-10-12-20(13-11-18)26(27)28;/h2-4,7-8,10-13,17,21H,5-6,9,14-16H2,1H3,(H2,23,24,25);1H. The van der Waals surface area contributed by atoms with Crippen molar-refractivity contribution in [1.29, 1.82) is 0 Å². The van der Waals surface area contributed by atoms with E-state index in [0.29, 0.717) is 19.0 Å². The van der Waals surface area contributed by atoms with Gasteiger partial charge in [-0.2, -0.15) is 0 Å². The van der Waals surface area contributed by atoms with Gasteiger partial charge >= 0.3 is 0 Å². The highest BCUT2D eigenvalue weighted by molar-refractivity contribution is 14.0. The van der Waals surface area contributed by atoms with Crippen molar-refractivity contribution in [3.63, 3.8) is 0 Å². The van der Waals surface area contributed by atoms with Crippen LogP contribution in [0.3, 0.4) is 0 Å². The van der Waals surface area contributed by atoms with Gasteiger partial charge < -0.3 is 15.4 Å². The molecule has 1 aliphatic heterocycles. The highest BCUT2D eigenvalue weighted by atomic mass is 127. The topological polar surface area (TPSA) is 88.8 Å². The first-order valence-electron chi connectivity index (χ1n) is 10.1. The van der Waals surface area contributed by atoms with Crippen LogP contribution in [0.1, 0.15) is 43.4 Å². The second kappa shape index (κ2) is 12.5. The van der Waals surface area contributed by atoms with Crippen molar-refractivity contribution in [2.75, 3.05) is 13.2 Å². The maximum absolute atomic E-state index is 10.8. The van der Waals surface area contributed by atoms with E-state index in [9.17, 15) is 10.1 Å². The Morgan fingerprint density at radius 3 is 2.57 bits per heavy atom. The van der Waals surface area contributed by atoms with Crippen LogP contribution >= 0.6 is 24.0 Å². The number of aliphatic imine (C=N–C) groups is 1. The van der Waals surface area contributed by atoms with Gasteiger partial charge in [0.2, 0.25) is 0 Å². The number of hydrogen-bond donors (Lipinski definition) is 2. The Labute approximate surface area is 194 Å². The number of nitrogens with one attached hydrogen (secondary N) is 2. The lowest BCUT2D eigenvalue weighted by Gasteiger charge is -2.25. The van der Waals surface area contributed by atoms with Crippen LogP contribution in [0, 0.1) is 10.1 Å². The zero-order chi connectivity index (χ0) is 20.5. The molecule has 2 N–H and O–H groups in total. The average Bonchev–Trinajstić information content (AvgIpc) is 2.77. The molecule has 0 amide bonds. The fourth-order valence-electron chi connectivity index (χ4n) is 3.26. The minimum atomic E-state index is -0.396. The van der Waals surface area contributed by atoms with E-state index in [0.717, 1.165) is 25.0 Å². The Bertz CT molecular complexity index is 809. The second-order valence-electron chi connectivity index (χ2n) is 7.23. The molecular weight excluding hydrogens is 495 g/mol. The lowest BCUT2D eigenvalue weighted by atomic mass is 10.1. The molecule has 0 bridgehead atoms. The third-order valence-electron chi connectivity index (χ3n) is 4.99. The molecule has 2 atom stereocenters. The zero-order valence-corrected chi connectivity index (χ0v) is 19.5. The van der Waals surface area contributed by atoms with Gasteiger partial charge in [0.1, 0.15) is 0 Å². The van der Waals surface area contributed by atoms with Gasteiger partial charge in [0.25, 0.3) is 5.69 Å². The SMILES string of the molecule is CC(NC(=NCc1ccc([N+](=O)[O-])cc1)NCC1CCCCO1)c1ccccc1.I. The maximum atomic E-state index is 10.8. The van der Waals surface area contributed by atoms with Crippen molar-refractivity contribution in [1.82, 2.24) is 10.6 Å². The lowest BCUT2D eigenvalue weighted by Crippen LogP contribution is -2.43. The van der Waals surface area contributed by atoms with Crippen molar-refractivity contribution in [3.05, 3.63) is 75.8 Å². The van der Waals surface area contributed by atoms with E-state index in [1.165, 1.54) is 24.1 Å². The van der Waals surface area contributed by atoms with E-state index in [-0.39, 0.29) is 41.8 Å². The molecule has 0 aromatic heterocycles. The molecule has 1 heterocycles. The monoisotopic (exact) mass is 524 g/mol. The van der Waals surface area contributed by atoms with E-state index >= 15 is 0 Å². The summed E-state index contributed by atoms with van der Waals surface area (Å²) in [6, 6.07) is 16.8. The van der Waals surface area contributed by atoms with Crippen molar-refractivity contribution in [3.8, 4) is 0 Å².